The smallest absolute Gasteiger partial charge is 0.244 e. The predicted octanol–water partition coefficient (Wildman–Crippen LogP) is -0.109. The maximum absolute atomic E-state index is 11.9. The number of carbonyl (C=O) groups excluding carboxylic acids is 2. The number of likely N-dealkylation sites (N-methyl/N-ethyl adjacent to an activating group) is 2. The molecule has 0 bridgehead atoms. The van der Waals surface area contributed by atoms with Gasteiger partial charge in [-0.05, 0) is 5.56 Å². The summed E-state index contributed by atoms with van der Waals surface area (Å²) in [6, 6.07) is 8.34. The monoisotopic (exact) mass is 235 g/mol. The lowest BCUT2D eigenvalue weighted by Crippen LogP contribution is -2.41. The molecule has 0 aliphatic rings. The van der Waals surface area contributed by atoms with Crippen LogP contribution in [-0.4, -0.2) is 37.4 Å². The number of nitrogens with one attached hydrogen (secondary N) is 1. The Morgan fingerprint density at radius 3 is 2.47 bits per heavy atom. The molecule has 1 aromatic rings. The van der Waals surface area contributed by atoms with Gasteiger partial charge in [-0.3, -0.25) is 9.59 Å². The number of amides is 2. The van der Waals surface area contributed by atoms with E-state index in [0.717, 1.165) is 5.56 Å². The van der Waals surface area contributed by atoms with Crippen LogP contribution in [0.25, 0.3) is 0 Å². The lowest BCUT2D eigenvalue weighted by molar-refractivity contribution is -0.135. The Bertz CT molecular complexity index is 392. The molecule has 0 spiro atoms. The zero-order valence-corrected chi connectivity index (χ0v) is 10.0. The summed E-state index contributed by atoms with van der Waals surface area (Å²) in [5.41, 5.74) is 6.57. The Labute approximate surface area is 101 Å². The first-order valence-corrected chi connectivity index (χ1v) is 5.32. The maximum atomic E-state index is 11.9. The molecule has 0 aliphatic heterocycles. The highest BCUT2D eigenvalue weighted by molar-refractivity contribution is 5.87. The van der Waals surface area contributed by atoms with Gasteiger partial charge < -0.3 is 16.0 Å². The van der Waals surface area contributed by atoms with E-state index < -0.39 is 6.04 Å². The molecule has 2 amide bonds. The van der Waals surface area contributed by atoms with Crippen LogP contribution in [0.15, 0.2) is 30.3 Å². The van der Waals surface area contributed by atoms with Crippen LogP contribution < -0.4 is 11.1 Å². The molecule has 1 atom stereocenters. The number of rotatable bonds is 4. The molecule has 0 radical (unpaired) electrons. The van der Waals surface area contributed by atoms with Crippen molar-refractivity contribution in [2.24, 2.45) is 5.73 Å². The van der Waals surface area contributed by atoms with E-state index in [1.807, 2.05) is 18.2 Å². The second kappa shape index (κ2) is 6.00. The number of nitrogens with two attached hydrogens (primary N) is 1. The van der Waals surface area contributed by atoms with Crippen LogP contribution in [0, 0.1) is 0 Å². The number of nitrogens with zero attached hydrogens (tertiary/aromatic N) is 1. The number of hydrogen-bond donors (Lipinski definition) is 2. The predicted molar refractivity (Wildman–Crippen MR) is 65.1 cm³/mol. The van der Waals surface area contributed by atoms with Crippen molar-refractivity contribution in [1.82, 2.24) is 10.2 Å². The minimum Gasteiger partial charge on any atom is -0.358 e. The third-order valence-corrected chi connectivity index (χ3v) is 2.46. The average molecular weight is 235 g/mol. The van der Waals surface area contributed by atoms with Gasteiger partial charge in [-0.2, -0.15) is 0 Å². The Hall–Kier alpha value is -1.88. The van der Waals surface area contributed by atoms with Crippen LogP contribution in [0.1, 0.15) is 11.6 Å². The average Bonchev–Trinajstić information content (AvgIpc) is 2.37. The van der Waals surface area contributed by atoms with Gasteiger partial charge >= 0.3 is 0 Å². The van der Waals surface area contributed by atoms with E-state index in [1.165, 1.54) is 11.9 Å². The standard InChI is InChI=1S/C12H17N3O2/c1-14-10(16)8-15(2)12(17)11(13)9-6-4-3-5-7-9/h3-7,11H,8,13H2,1-2H3,(H,14,16). The molecule has 0 saturated carbocycles. The molecule has 1 aromatic carbocycles. The largest absolute Gasteiger partial charge is 0.358 e. The number of carbonyl (C=O) groups is 2. The third kappa shape index (κ3) is 3.57. The molecule has 3 N–H and O–H groups in total. The maximum Gasteiger partial charge on any atom is 0.244 e. The van der Waals surface area contributed by atoms with Gasteiger partial charge in [-0.15, -0.1) is 0 Å². The van der Waals surface area contributed by atoms with Gasteiger partial charge in [0.05, 0.1) is 6.54 Å². The summed E-state index contributed by atoms with van der Waals surface area (Å²) in [7, 11) is 3.08. The van der Waals surface area contributed by atoms with Crippen molar-refractivity contribution >= 4 is 11.8 Å². The molecule has 5 nitrogen and oxygen atoms in total. The van der Waals surface area contributed by atoms with Crippen molar-refractivity contribution < 1.29 is 9.59 Å². The molecule has 1 unspecified atom stereocenters. The normalized spacial score (nSPS) is 11.7. The van der Waals surface area contributed by atoms with Gasteiger partial charge in [0, 0.05) is 14.1 Å². The molecule has 5 heteroatoms. The van der Waals surface area contributed by atoms with E-state index in [9.17, 15) is 9.59 Å². The van der Waals surface area contributed by atoms with E-state index in [2.05, 4.69) is 5.32 Å². The van der Waals surface area contributed by atoms with Gasteiger partial charge in [-0.25, -0.2) is 0 Å². The van der Waals surface area contributed by atoms with Gasteiger partial charge in [0.15, 0.2) is 0 Å². The highest BCUT2D eigenvalue weighted by atomic mass is 16.2. The lowest BCUT2D eigenvalue weighted by atomic mass is 10.1. The highest BCUT2D eigenvalue weighted by Gasteiger charge is 2.20. The van der Waals surface area contributed by atoms with E-state index in [0.29, 0.717) is 0 Å². The molecule has 0 heterocycles. The summed E-state index contributed by atoms with van der Waals surface area (Å²) in [5, 5.41) is 2.46. The molecule has 0 fully saturated rings. The third-order valence-electron chi connectivity index (χ3n) is 2.46. The summed E-state index contributed by atoms with van der Waals surface area (Å²) >= 11 is 0. The van der Waals surface area contributed by atoms with Gasteiger partial charge in [0.25, 0.3) is 0 Å². The Morgan fingerprint density at radius 2 is 1.94 bits per heavy atom. The van der Waals surface area contributed by atoms with Gasteiger partial charge in [0.1, 0.15) is 6.04 Å². The first-order valence-electron chi connectivity index (χ1n) is 5.32. The Kier molecular flexibility index (Phi) is 4.66. The SMILES string of the molecule is CNC(=O)CN(C)C(=O)C(N)c1ccccc1. The zero-order valence-electron chi connectivity index (χ0n) is 10.0. The quantitative estimate of drug-likeness (QED) is 0.764. The van der Waals surface area contributed by atoms with Crippen LogP contribution in [0.4, 0.5) is 0 Å². The van der Waals surface area contributed by atoms with Gasteiger partial charge in [-0.1, -0.05) is 30.3 Å². The van der Waals surface area contributed by atoms with E-state index >= 15 is 0 Å². The van der Waals surface area contributed by atoms with Crippen LogP contribution in [0.3, 0.4) is 0 Å². The first-order chi connectivity index (χ1) is 8.06. The molecule has 92 valence electrons. The highest BCUT2D eigenvalue weighted by Crippen LogP contribution is 2.11. The first kappa shape index (κ1) is 13.2. The van der Waals surface area contributed by atoms with E-state index in [4.69, 9.17) is 5.73 Å². The van der Waals surface area contributed by atoms with Crippen LogP contribution in [-0.2, 0) is 9.59 Å². The van der Waals surface area contributed by atoms with Crippen LogP contribution in [0.2, 0.25) is 0 Å². The summed E-state index contributed by atoms with van der Waals surface area (Å²) in [4.78, 5) is 24.4. The van der Waals surface area contributed by atoms with E-state index in [1.54, 1.807) is 19.2 Å². The lowest BCUT2D eigenvalue weighted by Gasteiger charge is -2.20. The van der Waals surface area contributed by atoms with Crippen molar-refractivity contribution in [3.05, 3.63) is 35.9 Å². The van der Waals surface area contributed by atoms with E-state index in [-0.39, 0.29) is 18.4 Å². The summed E-state index contributed by atoms with van der Waals surface area (Å²) in [6.07, 6.45) is 0. The van der Waals surface area contributed by atoms with Crippen LogP contribution in [0.5, 0.6) is 0 Å². The molecule has 17 heavy (non-hydrogen) atoms. The molecular formula is C12H17N3O2. The van der Waals surface area contributed by atoms with Crippen LogP contribution >= 0.6 is 0 Å². The van der Waals surface area contributed by atoms with Crippen molar-refractivity contribution in [3.8, 4) is 0 Å². The minimum atomic E-state index is -0.731. The van der Waals surface area contributed by atoms with Crippen molar-refractivity contribution in [3.63, 3.8) is 0 Å². The van der Waals surface area contributed by atoms with Crippen molar-refractivity contribution in [2.45, 2.75) is 6.04 Å². The molecule has 0 aromatic heterocycles. The number of benzene rings is 1. The van der Waals surface area contributed by atoms with Gasteiger partial charge in [0.2, 0.25) is 11.8 Å². The summed E-state index contributed by atoms with van der Waals surface area (Å²) in [5.74, 6) is -0.499. The summed E-state index contributed by atoms with van der Waals surface area (Å²) in [6.45, 7) is 0.00979. The molecule has 1 rings (SSSR count). The molecule has 0 aliphatic carbocycles. The topological polar surface area (TPSA) is 75.4 Å². The number of hydrogen-bond acceptors (Lipinski definition) is 3. The fraction of sp³-hybridized carbons (Fsp3) is 0.333. The molecule has 0 saturated heterocycles. The Morgan fingerprint density at radius 1 is 1.35 bits per heavy atom. The fourth-order valence-corrected chi connectivity index (χ4v) is 1.41. The fourth-order valence-electron chi connectivity index (χ4n) is 1.41. The molecular weight excluding hydrogens is 218 g/mol. The second-order valence-corrected chi connectivity index (χ2v) is 3.76. The second-order valence-electron chi connectivity index (χ2n) is 3.76. The minimum absolute atomic E-state index is 0.00979. The Balaban J connectivity index is 2.67. The summed E-state index contributed by atoms with van der Waals surface area (Å²) < 4.78 is 0. The zero-order chi connectivity index (χ0) is 12.8. The van der Waals surface area contributed by atoms with Crippen molar-refractivity contribution in [2.75, 3.05) is 20.6 Å². The van der Waals surface area contributed by atoms with Crippen molar-refractivity contribution in [1.29, 1.82) is 0 Å².